The zero-order chi connectivity index (χ0) is 25.7. The molecule has 1 heterocycles. The largest absolute Gasteiger partial charge is 0.454 e. The average molecular weight is 510 g/mol. The Morgan fingerprint density at radius 3 is 2.17 bits per heavy atom. The molecule has 3 atom stereocenters. The van der Waals surface area contributed by atoms with E-state index in [-0.39, 0.29) is 17.0 Å². The number of benzene rings is 2. The lowest BCUT2D eigenvalue weighted by Crippen LogP contribution is -2.49. The summed E-state index contributed by atoms with van der Waals surface area (Å²) in [5.41, 5.74) is 5.23. The summed E-state index contributed by atoms with van der Waals surface area (Å²) in [4.78, 5) is 64.6. The Hall–Kier alpha value is -3.98. The first-order valence-electron chi connectivity index (χ1n) is 11.4. The molecule has 0 spiro atoms. The Bertz CT molecular complexity index is 1190. The van der Waals surface area contributed by atoms with E-state index in [1.165, 1.54) is 12.1 Å². The van der Waals surface area contributed by atoms with Gasteiger partial charge in [0.15, 0.2) is 6.61 Å². The molecule has 10 heteroatoms. The molecule has 4 rings (SSSR count). The number of allylic oxidation sites excluding steroid dienone is 2. The minimum absolute atomic E-state index is 0.0505. The first kappa shape index (κ1) is 25.1. The van der Waals surface area contributed by atoms with E-state index in [2.05, 4.69) is 10.9 Å². The molecular formula is C26H24ClN3O6. The highest BCUT2D eigenvalue weighted by Gasteiger charge is 2.51. The first-order chi connectivity index (χ1) is 17.4. The first-order valence-corrected chi connectivity index (χ1v) is 11.8. The van der Waals surface area contributed by atoms with Crippen molar-refractivity contribution in [2.24, 2.45) is 11.8 Å². The summed E-state index contributed by atoms with van der Waals surface area (Å²) in [5.74, 6) is -4.17. The van der Waals surface area contributed by atoms with E-state index in [1.807, 2.05) is 18.2 Å². The summed E-state index contributed by atoms with van der Waals surface area (Å²) in [6.45, 7) is -0.725. The lowest BCUT2D eigenvalue weighted by Gasteiger charge is -2.25. The number of imide groups is 1. The van der Waals surface area contributed by atoms with Crippen LogP contribution < -0.4 is 10.9 Å². The van der Waals surface area contributed by atoms with Crippen LogP contribution in [0.3, 0.4) is 0 Å². The van der Waals surface area contributed by atoms with Gasteiger partial charge in [0.05, 0.1) is 22.4 Å². The Morgan fingerprint density at radius 1 is 0.917 bits per heavy atom. The summed E-state index contributed by atoms with van der Waals surface area (Å²) in [5, 5.41) is 0.204. The zero-order valence-electron chi connectivity index (χ0n) is 19.2. The average Bonchev–Trinajstić information content (AvgIpc) is 3.15. The number of amides is 4. The van der Waals surface area contributed by atoms with Crippen LogP contribution in [0.15, 0.2) is 66.7 Å². The molecule has 9 nitrogen and oxygen atoms in total. The molecule has 0 unspecified atom stereocenters. The van der Waals surface area contributed by atoms with Crippen molar-refractivity contribution in [1.29, 1.82) is 0 Å². The predicted molar refractivity (Wildman–Crippen MR) is 129 cm³/mol. The van der Waals surface area contributed by atoms with Crippen molar-refractivity contribution in [1.82, 2.24) is 15.8 Å². The van der Waals surface area contributed by atoms with Gasteiger partial charge in [-0.25, -0.2) is 4.79 Å². The van der Waals surface area contributed by atoms with Crippen LogP contribution in [-0.2, 0) is 30.3 Å². The molecule has 1 saturated heterocycles. The molecule has 0 radical (unpaired) electrons. The van der Waals surface area contributed by atoms with Gasteiger partial charge in [-0.05, 0) is 30.5 Å². The van der Waals surface area contributed by atoms with Gasteiger partial charge < -0.3 is 4.74 Å². The molecule has 2 aliphatic rings. The fraction of sp³-hybridized carbons (Fsp3) is 0.269. The molecule has 0 saturated carbocycles. The number of hydrazine groups is 1. The summed E-state index contributed by atoms with van der Waals surface area (Å²) < 4.78 is 5.17. The van der Waals surface area contributed by atoms with Crippen molar-refractivity contribution in [3.8, 4) is 0 Å². The number of halogens is 1. The molecule has 186 valence electrons. The topological polar surface area (TPSA) is 122 Å². The summed E-state index contributed by atoms with van der Waals surface area (Å²) in [6, 6.07) is 14.0. The molecule has 4 amide bonds. The summed E-state index contributed by atoms with van der Waals surface area (Å²) in [6.07, 6.45) is 4.65. The number of fused-ring (bicyclic) bond motifs is 1. The second-order valence-electron chi connectivity index (χ2n) is 8.50. The molecule has 1 aliphatic heterocycles. The number of rotatable bonds is 7. The van der Waals surface area contributed by atoms with Gasteiger partial charge in [0.25, 0.3) is 11.8 Å². The predicted octanol–water partition coefficient (Wildman–Crippen LogP) is 2.21. The van der Waals surface area contributed by atoms with E-state index >= 15 is 0 Å². The van der Waals surface area contributed by atoms with Crippen LogP contribution >= 0.6 is 11.6 Å². The maximum atomic E-state index is 13.1. The number of nitrogens with one attached hydrogen (secondary N) is 2. The van der Waals surface area contributed by atoms with Crippen LogP contribution in [0, 0.1) is 11.8 Å². The fourth-order valence-corrected chi connectivity index (χ4v) is 4.58. The number of ether oxygens (including phenoxy) is 1. The Kier molecular flexibility index (Phi) is 7.80. The van der Waals surface area contributed by atoms with Gasteiger partial charge in [0, 0.05) is 6.42 Å². The van der Waals surface area contributed by atoms with Crippen molar-refractivity contribution in [3.63, 3.8) is 0 Å². The van der Waals surface area contributed by atoms with Gasteiger partial charge in [-0.2, -0.15) is 0 Å². The summed E-state index contributed by atoms with van der Waals surface area (Å²) in [7, 11) is 0. The number of hydrogen-bond acceptors (Lipinski definition) is 6. The quantitative estimate of drug-likeness (QED) is 0.255. The van der Waals surface area contributed by atoms with E-state index in [9.17, 15) is 24.0 Å². The molecule has 0 aromatic heterocycles. The van der Waals surface area contributed by atoms with Crippen LogP contribution in [0.25, 0.3) is 0 Å². The molecule has 1 aliphatic carbocycles. The summed E-state index contributed by atoms with van der Waals surface area (Å²) >= 11 is 5.96. The minimum atomic E-state index is -1.22. The van der Waals surface area contributed by atoms with Crippen molar-refractivity contribution >= 4 is 41.2 Å². The van der Waals surface area contributed by atoms with E-state index in [1.54, 1.807) is 36.4 Å². The molecule has 2 aromatic rings. The molecule has 2 N–H and O–H groups in total. The smallest absolute Gasteiger partial charge is 0.330 e. The van der Waals surface area contributed by atoms with Crippen LogP contribution in [0.5, 0.6) is 0 Å². The van der Waals surface area contributed by atoms with Gasteiger partial charge in [-0.1, -0.05) is 66.2 Å². The zero-order valence-corrected chi connectivity index (χ0v) is 19.9. The maximum absolute atomic E-state index is 13.1. The van der Waals surface area contributed by atoms with Crippen LogP contribution in [0.2, 0.25) is 5.02 Å². The van der Waals surface area contributed by atoms with Gasteiger partial charge in [-0.15, -0.1) is 0 Å². The van der Waals surface area contributed by atoms with E-state index in [0.29, 0.717) is 12.8 Å². The van der Waals surface area contributed by atoms with Crippen LogP contribution in [-0.4, -0.2) is 47.1 Å². The lowest BCUT2D eigenvalue weighted by molar-refractivity contribution is -0.160. The number of carbonyl (C=O) groups is 5. The van der Waals surface area contributed by atoms with Gasteiger partial charge in [-0.3, -0.25) is 34.9 Å². The lowest BCUT2D eigenvalue weighted by atomic mass is 9.85. The Morgan fingerprint density at radius 2 is 1.53 bits per heavy atom. The second-order valence-corrected chi connectivity index (χ2v) is 8.90. The van der Waals surface area contributed by atoms with Gasteiger partial charge in [0.1, 0.15) is 6.04 Å². The van der Waals surface area contributed by atoms with Crippen molar-refractivity contribution in [2.75, 3.05) is 6.61 Å². The van der Waals surface area contributed by atoms with E-state index in [0.717, 1.165) is 10.5 Å². The molecule has 1 fully saturated rings. The van der Waals surface area contributed by atoms with Crippen molar-refractivity contribution in [2.45, 2.75) is 25.3 Å². The third-order valence-electron chi connectivity index (χ3n) is 6.18. The highest BCUT2D eigenvalue weighted by Crippen LogP contribution is 2.36. The number of hydrogen-bond donors (Lipinski definition) is 2. The van der Waals surface area contributed by atoms with Crippen LogP contribution in [0.4, 0.5) is 0 Å². The molecule has 36 heavy (non-hydrogen) atoms. The monoisotopic (exact) mass is 509 g/mol. The van der Waals surface area contributed by atoms with Crippen molar-refractivity contribution in [3.05, 3.63) is 82.9 Å². The Labute approximate surface area is 212 Å². The van der Waals surface area contributed by atoms with Gasteiger partial charge >= 0.3 is 5.97 Å². The number of carbonyl (C=O) groups excluding carboxylic acids is 5. The second kappa shape index (κ2) is 11.2. The maximum Gasteiger partial charge on any atom is 0.330 e. The van der Waals surface area contributed by atoms with Crippen LogP contribution in [0.1, 0.15) is 28.8 Å². The highest BCUT2D eigenvalue weighted by molar-refractivity contribution is 6.33. The van der Waals surface area contributed by atoms with Gasteiger partial charge in [0.2, 0.25) is 11.8 Å². The third-order valence-corrected chi connectivity index (χ3v) is 6.51. The Balaban J connectivity index is 1.41. The SMILES string of the molecule is O=C(COC(=O)[C@H](Cc1ccccc1)N1C(=O)[C@H]2CC=CC[C@H]2C1=O)NNC(=O)c1ccccc1Cl. The number of nitrogens with zero attached hydrogens (tertiary/aromatic N) is 1. The molecule has 2 aromatic carbocycles. The highest BCUT2D eigenvalue weighted by atomic mass is 35.5. The number of esters is 1. The molecular weight excluding hydrogens is 486 g/mol. The van der Waals surface area contributed by atoms with Crippen molar-refractivity contribution < 1.29 is 28.7 Å². The van der Waals surface area contributed by atoms with E-state index < -0.39 is 54.1 Å². The fourth-order valence-electron chi connectivity index (χ4n) is 4.36. The minimum Gasteiger partial charge on any atom is -0.454 e. The third kappa shape index (κ3) is 5.46. The normalized spacial score (nSPS) is 19.4. The standard InChI is InChI=1S/C26H24ClN3O6/c27-20-13-7-6-12-19(20)23(32)29-28-22(31)15-36-26(35)21(14-16-8-2-1-3-9-16)30-24(33)17-10-4-5-11-18(17)25(30)34/h1-9,12-13,17-18,21H,10-11,14-15H2,(H,28,31)(H,29,32)/t17-,18+,21-/m0/s1. The van der Waals surface area contributed by atoms with E-state index in [4.69, 9.17) is 16.3 Å². The molecule has 0 bridgehead atoms. The number of likely N-dealkylation sites (tertiary alicyclic amines) is 1.